The normalized spacial score (nSPS) is 19.9. The summed E-state index contributed by atoms with van der Waals surface area (Å²) in [7, 11) is 0. The van der Waals surface area contributed by atoms with Crippen LogP contribution in [0.5, 0.6) is 0 Å². The second kappa shape index (κ2) is 5.32. The average molecular weight is 275 g/mol. The molecule has 1 aromatic rings. The average Bonchev–Trinajstić information content (AvgIpc) is 2.92. The van der Waals surface area contributed by atoms with Crippen LogP contribution in [-0.4, -0.2) is 49.7 Å². The molecule has 0 bridgehead atoms. The fourth-order valence-electron chi connectivity index (χ4n) is 3.07. The van der Waals surface area contributed by atoms with E-state index < -0.39 is 0 Å². The zero-order valence-electron chi connectivity index (χ0n) is 11.8. The zero-order valence-corrected chi connectivity index (χ0v) is 11.8. The van der Waals surface area contributed by atoms with Gasteiger partial charge in [-0.15, -0.1) is 0 Å². The Kier molecular flexibility index (Phi) is 3.53. The highest BCUT2D eigenvalue weighted by Gasteiger charge is 2.31. The van der Waals surface area contributed by atoms with Crippen molar-refractivity contribution in [1.82, 2.24) is 4.90 Å². The monoisotopic (exact) mass is 275 g/mol. The van der Waals surface area contributed by atoms with Crippen LogP contribution in [0.1, 0.15) is 12.5 Å². The van der Waals surface area contributed by atoms with E-state index in [9.17, 15) is 4.79 Å². The molecule has 1 aromatic carbocycles. The van der Waals surface area contributed by atoms with Crippen molar-refractivity contribution in [1.29, 1.82) is 0 Å². The van der Waals surface area contributed by atoms with Gasteiger partial charge in [0.2, 0.25) is 5.91 Å². The number of morpholine rings is 1. The smallest absolute Gasteiger partial charge is 0.245 e. The highest BCUT2D eigenvalue weighted by molar-refractivity contribution is 5.86. The van der Waals surface area contributed by atoms with E-state index >= 15 is 0 Å². The van der Waals surface area contributed by atoms with E-state index in [-0.39, 0.29) is 11.9 Å². The molecule has 2 aliphatic rings. The van der Waals surface area contributed by atoms with Crippen molar-refractivity contribution in [2.45, 2.75) is 19.4 Å². The molecule has 0 radical (unpaired) electrons. The highest BCUT2D eigenvalue weighted by Crippen LogP contribution is 2.33. The number of nitrogens with zero attached hydrogens (tertiary/aromatic N) is 2. The van der Waals surface area contributed by atoms with Crippen LogP contribution in [0.25, 0.3) is 0 Å². The number of carbonyl (C=O) groups excluding carboxylic acids is 1. The lowest BCUT2D eigenvalue weighted by atomic mass is 10.1. The van der Waals surface area contributed by atoms with Crippen LogP contribution in [0.15, 0.2) is 18.2 Å². The Hall–Kier alpha value is -1.75. The third kappa shape index (κ3) is 2.22. The number of hydrogen-bond donors (Lipinski definition) is 1. The largest absolute Gasteiger partial charge is 0.398 e. The fraction of sp³-hybridized carbons (Fsp3) is 0.533. The van der Waals surface area contributed by atoms with Gasteiger partial charge in [-0.1, -0.05) is 6.07 Å². The third-order valence-electron chi connectivity index (χ3n) is 4.25. The number of anilines is 2. The Morgan fingerprint density at radius 1 is 1.30 bits per heavy atom. The van der Waals surface area contributed by atoms with Crippen LogP contribution in [-0.2, 0) is 16.0 Å². The van der Waals surface area contributed by atoms with E-state index in [0.717, 1.165) is 24.3 Å². The Morgan fingerprint density at radius 2 is 2.05 bits per heavy atom. The highest BCUT2D eigenvalue weighted by atomic mass is 16.5. The van der Waals surface area contributed by atoms with Gasteiger partial charge in [0.1, 0.15) is 6.04 Å². The summed E-state index contributed by atoms with van der Waals surface area (Å²) in [5.74, 6) is 0.184. The number of carbonyl (C=O) groups is 1. The SMILES string of the molecule is CC(C(=O)N1CCOCC1)N1CCc2c(N)cccc21. The molecule has 1 fully saturated rings. The van der Waals surface area contributed by atoms with Gasteiger partial charge in [0.25, 0.3) is 0 Å². The van der Waals surface area contributed by atoms with Gasteiger partial charge in [-0.3, -0.25) is 4.79 Å². The predicted octanol–water partition coefficient (Wildman–Crippen LogP) is 0.879. The van der Waals surface area contributed by atoms with E-state index in [1.165, 1.54) is 5.56 Å². The van der Waals surface area contributed by atoms with Gasteiger partial charge in [-0.2, -0.15) is 0 Å². The summed E-state index contributed by atoms with van der Waals surface area (Å²) < 4.78 is 5.30. The first-order chi connectivity index (χ1) is 9.68. The molecule has 2 heterocycles. The maximum Gasteiger partial charge on any atom is 0.245 e. The summed E-state index contributed by atoms with van der Waals surface area (Å²) in [4.78, 5) is 16.6. The summed E-state index contributed by atoms with van der Waals surface area (Å²) in [6.45, 7) is 5.52. The van der Waals surface area contributed by atoms with Crippen molar-refractivity contribution >= 4 is 17.3 Å². The van der Waals surface area contributed by atoms with E-state index in [1.807, 2.05) is 24.0 Å². The van der Waals surface area contributed by atoms with E-state index in [0.29, 0.717) is 26.3 Å². The summed E-state index contributed by atoms with van der Waals surface area (Å²) in [5.41, 5.74) is 9.13. The lowest BCUT2D eigenvalue weighted by molar-refractivity contribution is -0.136. The lowest BCUT2D eigenvalue weighted by Gasteiger charge is -2.33. The molecule has 0 aromatic heterocycles. The quantitative estimate of drug-likeness (QED) is 0.814. The molecule has 3 rings (SSSR count). The molecule has 0 saturated carbocycles. The summed E-state index contributed by atoms with van der Waals surface area (Å²) >= 11 is 0. The van der Waals surface area contributed by atoms with Crippen LogP contribution in [0.4, 0.5) is 11.4 Å². The Balaban J connectivity index is 1.77. The molecule has 20 heavy (non-hydrogen) atoms. The Morgan fingerprint density at radius 3 is 2.80 bits per heavy atom. The van der Waals surface area contributed by atoms with Crippen molar-refractivity contribution < 1.29 is 9.53 Å². The van der Waals surface area contributed by atoms with Gasteiger partial charge in [-0.05, 0) is 25.5 Å². The first kappa shape index (κ1) is 13.2. The van der Waals surface area contributed by atoms with Gasteiger partial charge in [0, 0.05) is 36.6 Å². The summed E-state index contributed by atoms with van der Waals surface area (Å²) in [6, 6.07) is 5.80. The van der Waals surface area contributed by atoms with Gasteiger partial charge in [0.15, 0.2) is 0 Å². The first-order valence-electron chi connectivity index (χ1n) is 7.19. The van der Waals surface area contributed by atoms with Crippen LogP contribution in [0, 0.1) is 0 Å². The lowest BCUT2D eigenvalue weighted by Crippen LogP contribution is -2.50. The van der Waals surface area contributed by atoms with Gasteiger partial charge in [-0.25, -0.2) is 0 Å². The number of rotatable bonds is 2. The minimum atomic E-state index is -0.142. The number of benzene rings is 1. The number of fused-ring (bicyclic) bond motifs is 1. The number of nitrogens with two attached hydrogens (primary N) is 1. The molecule has 108 valence electrons. The summed E-state index contributed by atoms with van der Waals surface area (Å²) in [5, 5.41) is 0. The van der Waals surface area contributed by atoms with Crippen LogP contribution >= 0.6 is 0 Å². The van der Waals surface area contributed by atoms with Crippen molar-refractivity contribution in [2.75, 3.05) is 43.5 Å². The molecule has 2 N–H and O–H groups in total. The van der Waals surface area contributed by atoms with Crippen LogP contribution in [0.2, 0.25) is 0 Å². The van der Waals surface area contributed by atoms with Crippen LogP contribution in [0.3, 0.4) is 0 Å². The van der Waals surface area contributed by atoms with Crippen LogP contribution < -0.4 is 10.6 Å². The molecule has 1 amide bonds. The molecule has 0 aliphatic carbocycles. The van der Waals surface area contributed by atoms with Crippen molar-refractivity contribution in [3.8, 4) is 0 Å². The van der Waals surface area contributed by atoms with E-state index in [2.05, 4.69) is 11.0 Å². The molecule has 1 unspecified atom stereocenters. The molecule has 0 spiro atoms. The Labute approximate surface area is 119 Å². The predicted molar refractivity (Wildman–Crippen MR) is 78.8 cm³/mol. The van der Waals surface area contributed by atoms with E-state index in [1.54, 1.807) is 0 Å². The second-order valence-corrected chi connectivity index (χ2v) is 5.40. The molecule has 1 atom stereocenters. The molecular formula is C15H21N3O2. The van der Waals surface area contributed by atoms with Gasteiger partial charge in [0.05, 0.1) is 13.2 Å². The van der Waals surface area contributed by atoms with Crippen molar-refractivity contribution in [2.24, 2.45) is 0 Å². The van der Waals surface area contributed by atoms with Crippen molar-refractivity contribution in [3.63, 3.8) is 0 Å². The minimum absolute atomic E-state index is 0.142. The summed E-state index contributed by atoms with van der Waals surface area (Å²) in [6.07, 6.45) is 0.919. The fourth-order valence-corrected chi connectivity index (χ4v) is 3.07. The van der Waals surface area contributed by atoms with Gasteiger partial charge < -0.3 is 20.3 Å². The number of amides is 1. The molecule has 2 aliphatic heterocycles. The maximum absolute atomic E-state index is 12.6. The molecule has 5 heteroatoms. The minimum Gasteiger partial charge on any atom is -0.398 e. The molecule has 1 saturated heterocycles. The Bertz CT molecular complexity index is 512. The molecule has 5 nitrogen and oxygen atoms in total. The maximum atomic E-state index is 12.6. The van der Waals surface area contributed by atoms with E-state index in [4.69, 9.17) is 10.5 Å². The number of hydrogen-bond acceptors (Lipinski definition) is 4. The molecular weight excluding hydrogens is 254 g/mol. The zero-order chi connectivity index (χ0) is 14.1. The van der Waals surface area contributed by atoms with Gasteiger partial charge >= 0.3 is 0 Å². The first-order valence-corrected chi connectivity index (χ1v) is 7.19. The standard InChI is InChI=1S/C15H21N3O2/c1-11(15(19)17-7-9-20-10-8-17)18-6-5-12-13(16)3-2-4-14(12)18/h2-4,11H,5-10,16H2,1H3. The number of ether oxygens (including phenoxy) is 1. The topological polar surface area (TPSA) is 58.8 Å². The second-order valence-electron chi connectivity index (χ2n) is 5.40. The third-order valence-corrected chi connectivity index (χ3v) is 4.25. The number of nitrogen functional groups attached to an aromatic ring is 1. The van der Waals surface area contributed by atoms with Crippen molar-refractivity contribution in [3.05, 3.63) is 23.8 Å².